The van der Waals surface area contributed by atoms with E-state index in [1.165, 1.54) is 0 Å². The highest BCUT2D eigenvalue weighted by atomic mass is 32.2. The molecule has 0 aliphatic rings. The van der Waals surface area contributed by atoms with Gasteiger partial charge in [-0.05, 0) is 11.6 Å². The van der Waals surface area contributed by atoms with E-state index in [1.54, 1.807) is 30.3 Å². The van der Waals surface area contributed by atoms with Gasteiger partial charge in [0, 0.05) is 19.2 Å². The van der Waals surface area contributed by atoms with Crippen LogP contribution in [0.25, 0.3) is 0 Å². The zero-order valence-corrected chi connectivity index (χ0v) is 12.7. The van der Waals surface area contributed by atoms with E-state index in [4.69, 9.17) is 5.11 Å². The summed E-state index contributed by atoms with van der Waals surface area (Å²) < 4.78 is 65.9. The fraction of sp³-hybridized carbons (Fsp3) is 0.200. The van der Waals surface area contributed by atoms with Crippen molar-refractivity contribution in [2.45, 2.75) is 11.4 Å². The van der Waals surface area contributed by atoms with E-state index in [0.717, 1.165) is 4.31 Å². The lowest BCUT2D eigenvalue weighted by Gasteiger charge is -2.21. The van der Waals surface area contributed by atoms with E-state index in [9.17, 15) is 21.6 Å². The minimum Gasteiger partial charge on any atom is -0.395 e. The van der Waals surface area contributed by atoms with Gasteiger partial charge in [-0.15, -0.1) is 0 Å². The lowest BCUT2D eigenvalue weighted by molar-refractivity contribution is 0.250. The summed E-state index contributed by atoms with van der Waals surface area (Å²) in [5.41, 5.74) is 0.604. The second kappa shape index (κ2) is 7.12. The number of hydrogen-bond donors (Lipinski definition) is 1. The molecular formula is C15H14F3NO3S. The molecule has 4 nitrogen and oxygen atoms in total. The Morgan fingerprint density at radius 3 is 2.17 bits per heavy atom. The second-order valence-corrected chi connectivity index (χ2v) is 6.65. The Morgan fingerprint density at radius 1 is 0.957 bits per heavy atom. The Kier molecular flexibility index (Phi) is 5.40. The number of benzene rings is 2. The molecule has 0 aliphatic carbocycles. The van der Waals surface area contributed by atoms with Crippen LogP contribution < -0.4 is 0 Å². The lowest BCUT2D eigenvalue weighted by Crippen LogP contribution is -2.33. The molecule has 8 heteroatoms. The zero-order valence-electron chi connectivity index (χ0n) is 11.9. The average Bonchev–Trinajstić information content (AvgIpc) is 2.51. The van der Waals surface area contributed by atoms with Crippen LogP contribution in [-0.2, 0) is 16.6 Å². The summed E-state index contributed by atoms with van der Waals surface area (Å²) in [7, 11) is -4.44. The number of nitrogens with zero attached hydrogens (tertiary/aromatic N) is 1. The molecule has 0 spiro atoms. The standard InChI is InChI=1S/C15H14F3NO3S/c16-12-8-14(18)15(9-13(12)17)23(21,22)19(6-7-20)10-11-4-2-1-3-5-11/h1-5,8-9,20H,6-7,10H2. The predicted molar refractivity (Wildman–Crippen MR) is 77.4 cm³/mol. The van der Waals surface area contributed by atoms with Crippen LogP contribution in [0.15, 0.2) is 47.4 Å². The summed E-state index contributed by atoms with van der Waals surface area (Å²) in [6.45, 7) is -0.949. The largest absolute Gasteiger partial charge is 0.395 e. The highest BCUT2D eigenvalue weighted by molar-refractivity contribution is 7.89. The highest BCUT2D eigenvalue weighted by Crippen LogP contribution is 2.23. The van der Waals surface area contributed by atoms with Gasteiger partial charge in [0.25, 0.3) is 0 Å². The van der Waals surface area contributed by atoms with E-state index in [0.29, 0.717) is 11.6 Å². The van der Waals surface area contributed by atoms with Crippen molar-refractivity contribution in [2.75, 3.05) is 13.2 Å². The van der Waals surface area contributed by atoms with Gasteiger partial charge >= 0.3 is 0 Å². The van der Waals surface area contributed by atoms with Gasteiger partial charge in [0.1, 0.15) is 10.7 Å². The summed E-state index contributed by atoms with van der Waals surface area (Å²) >= 11 is 0. The average molecular weight is 345 g/mol. The smallest absolute Gasteiger partial charge is 0.246 e. The van der Waals surface area contributed by atoms with E-state index < -0.39 is 39.0 Å². The highest BCUT2D eigenvalue weighted by Gasteiger charge is 2.29. The molecule has 0 radical (unpaired) electrons. The van der Waals surface area contributed by atoms with Crippen molar-refractivity contribution in [3.8, 4) is 0 Å². The van der Waals surface area contributed by atoms with Gasteiger partial charge < -0.3 is 5.11 Å². The first kappa shape index (κ1) is 17.5. The van der Waals surface area contributed by atoms with Gasteiger partial charge in [0.05, 0.1) is 6.61 Å². The lowest BCUT2D eigenvalue weighted by atomic mass is 10.2. The summed E-state index contributed by atoms with van der Waals surface area (Å²) in [5, 5.41) is 9.06. The van der Waals surface area contributed by atoms with Crippen molar-refractivity contribution >= 4 is 10.0 Å². The van der Waals surface area contributed by atoms with Crippen LogP contribution in [0.2, 0.25) is 0 Å². The second-order valence-electron chi connectivity index (χ2n) is 4.74. The third-order valence-electron chi connectivity index (χ3n) is 3.14. The van der Waals surface area contributed by atoms with Gasteiger partial charge in [0.2, 0.25) is 10.0 Å². The SMILES string of the molecule is O=S(=O)(c1cc(F)c(F)cc1F)N(CCO)Cc1ccccc1. The summed E-state index contributed by atoms with van der Waals surface area (Å²) in [6.07, 6.45) is 0. The molecule has 1 N–H and O–H groups in total. The Hall–Kier alpha value is -1.90. The van der Waals surface area contributed by atoms with Crippen molar-refractivity contribution in [3.05, 3.63) is 65.5 Å². The molecular weight excluding hydrogens is 331 g/mol. The Labute approximate surface area is 131 Å². The van der Waals surface area contributed by atoms with Crippen LogP contribution in [0, 0.1) is 17.5 Å². The van der Waals surface area contributed by atoms with E-state index in [-0.39, 0.29) is 19.2 Å². The first-order valence-electron chi connectivity index (χ1n) is 6.65. The molecule has 0 amide bonds. The quantitative estimate of drug-likeness (QED) is 0.818. The molecule has 0 saturated heterocycles. The number of halogens is 3. The normalized spacial score (nSPS) is 11.9. The number of hydrogen-bond acceptors (Lipinski definition) is 3. The summed E-state index contributed by atoms with van der Waals surface area (Å²) in [5.74, 6) is -4.33. The van der Waals surface area contributed by atoms with Crippen molar-refractivity contribution < 1.29 is 26.7 Å². The summed E-state index contributed by atoms with van der Waals surface area (Å²) in [6, 6.07) is 8.91. The number of aliphatic hydroxyl groups excluding tert-OH is 1. The van der Waals surface area contributed by atoms with Gasteiger partial charge in [-0.2, -0.15) is 4.31 Å². The Balaban J connectivity index is 2.43. The maximum absolute atomic E-state index is 13.8. The molecule has 2 aromatic rings. The van der Waals surface area contributed by atoms with Crippen LogP contribution >= 0.6 is 0 Å². The fourth-order valence-corrected chi connectivity index (χ4v) is 3.50. The van der Waals surface area contributed by atoms with Crippen LogP contribution in [0.4, 0.5) is 13.2 Å². The van der Waals surface area contributed by atoms with Crippen LogP contribution in [0.5, 0.6) is 0 Å². The van der Waals surface area contributed by atoms with Crippen LogP contribution in [0.1, 0.15) is 5.56 Å². The monoisotopic (exact) mass is 345 g/mol. The molecule has 0 unspecified atom stereocenters. The van der Waals surface area contributed by atoms with Crippen molar-refractivity contribution in [1.82, 2.24) is 4.31 Å². The molecule has 0 fully saturated rings. The molecule has 0 atom stereocenters. The molecule has 2 rings (SSSR count). The number of aliphatic hydroxyl groups is 1. The maximum atomic E-state index is 13.8. The third-order valence-corrected chi connectivity index (χ3v) is 5.00. The van der Waals surface area contributed by atoms with Gasteiger partial charge in [-0.3, -0.25) is 0 Å². The molecule has 0 heterocycles. The van der Waals surface area contributed by atoms with E-state index in [1.807, 2.05) is 0 Å². The molecule has 0 aromatic heterocycles. The summed E-state index contributed by atoms with van der Waals surface area (Å²) in [4.78, 5) is -0.971. The molecule has 0 aliphatic heterocycles. The van der Waals surface area contributed by atoms with Crippen LogP contribution in [-0.4, -0.2) is 31.0 Å². The molecule has 124 valence electrons. The first-order valence-corrected chi connectivity index (χ1v) is 8.09. The minimum absolute atomic E-state index is 0.137. The van der Waals surface area contributed by atoms with Crippen molar-refractivity contribution in [1.29, 1.82) is 0 Å². The maximum Gasteiger partial charge on any atom is 0.246 e. The van der Waals surface area contributed by atoms with Crippen LogP contribution in [0.3, 0.4) is 0 Å². The molecule has 0 bridgehead atoms. The number of rotatable bonds is 6. The molecule has 2 aromatic carbocycles. The molecule has 23 heavy (non-hydrogen) atoms. The first-order chi connectivity index (χ1) is 10.9. The number of sulfonamides is 1. The topological polar surface area (TPSA) is 57.6 Å². The predicted octanol–water partition coefficient (Wildman–Crippen LogP) is 2.29. The zero-order chi connectivity index (χ0) is 17.0. The van der Waals surface area contributed by atoms with Gasteiger partial charge in [-0.1, -0.05) is 30.3 Å². The van der Waals surface area contributed by atoms with E-state index in [2.05, 4.69) is 0 Å². The Bertz CT molecular complexity index is 782. The third kappa shape index (κ3) is 3.90. The molecule has 0 saturated carbocycles. The van der Waals surface area contributed by atoms with Gasteiger partial charge in [0.15, 0.2) is 11.6 Å². The van der Waals surface area contributed by atoms with Crippen molar-refractivity contribution in [3.63, 3.8) is 0 Å². The van der Waals surface area contributed by atoms with Gasteiger partial charge in [-0.25, -0.2) is 21.6 Å². The Morgan fingerprint density at radius 2 is 1.57 bits per heavy atom. The van der Waals surface area contributed by atoms with E-state index >= 15 is 0 Å². The fourth-order valence-electron chi connectivity index (χ4n) is 2.02. The minimum atomic E-state index is -4.44. The van der Waals surface area contributed by atoms with Crippen molar-refractivity contribution in [2.24, 2.45) is 0 Å².